The zero-order valence-corrected chi connectivity index (χ0v) is 14.8. The first kappa shape index (κ1) is 20.5. The lowest BCUT2D eigenvalue weighted by atomic mass is 10.0. The molecule has 0 amide bonds. The second-order valence-corrected chi connectivity index (χ2v) is 5.85. The van der Waals surface area contributed by atoms with E-state index in [-0.39, 0.29) is 5.56 Å². The number of rotatable bonds is 9. The van der Waals surface area contributed by atoms with E-state index in [0.29, 0.717) is 23.5 Å². The summed E-state index contributed by atoms with van der Waals surface area (Å²) in [6.07, 6.45) is 0.444. The lowest BCUT2D eigenvalue weighted by Gasteiger charge is -2.12. The summed E-state index contributed by atoms with van der Waals surface area (Å²) < 4.78 is 46.1. The fourth-order valence-electron chi connectivity index (χ4n) is 2.48. The second kappa shape index (κ2) is 9.25. The van der Waals surface area contributed by atoms with Crippen LogP contribution >= 0.6 is 0 Å². The molecule has 0 aliphatic heterocycles. The summed E-state index contributed by atoms with van der Waals surface area (Å²) in [7, 11) is 0. The van der Waals surface area contributed by atoms with E-state index in [2.05, 4.69) is 16.6 Å². The number of hydrogen-bond donors (Lipinski definition) is 1. The fraction of sp³-hybridized carbons (Fsp3) is 0.368. The third-order valence-electron chi connectivity index (χ3n) is 3.76. The molecule has 2 rings (SSSR count). The van der Waals surface area contributed by atoms with Gasteiger partial charge in [-0.3, -0.25) is 0 Å². The molecule has 1 heterocycles. The highest BCUT2D eigenvalue weighted by atomic mass is 19.4. The molecule has 1 aromatic carbocycles. The molecule has 1 aromatic heterocycles. The third-order valence-corrected chi connectivity index (χ3v) is 3.76. The van der Waals surface area contributed by atoms with Crippen LogP contribution in [-0.4, -0.2) is 29.0 Å². The van der Waals surface area contributed by atoms with Gasteiger partial charge in [-0.05, 0) is 30.7 Å². The Kier molecular flexibility index (Phi) is 7.04. The van der Waals surface area contributed by atoms with E-state index in [1.165, 1.54) is 12.1 Å². The quantitative estimate of drug-likeness (QED) is 0.595. The predicted octanol–water partition coefficient (Wildman–Crippen LogP) is 5.30. The van der Waals surface area contributed by atoms with Crippen molar-refractivity contribution in [1.82, 2.24) is 4.98 Å². The summed E-state index contributed by atoms with van der Waals surface area (Å²) in [5.41, 5.74) is 0.651. The minimum Gasteiger partial charge on any atom is -0.494 e. The van der Waals surface area contributed by atoms with Gasteiger partial charge in [0.1, 0.15) is 5.75 Å². The van der Waals surface area contributed by atoms with Crippen LogP contribution in [0.4, 0.5) is 13.2 Å². The van der Waals surface area contributed by atoms with Gasteiger partial charge in [0.05, 0.1) is 12.2 Å². The van der Waals surface area contributed by atoms with Crippen LogP contribution in [-0.2, 0) is 0 Å². The van der Waals surface area contributed by atoms with Gasteiger partial charge in [-0.25, -0.2) is 9.78 Å². The molecule has 0 bridgehead atoms. The number of alkyl halides is 3. The van der Waals surface area contributed by atoms with Crippen LogP contribution < -0.4 is 9.47 Å². The van der Waals surface area contributed by atoms with Crippen molar-refractivity contribution in [2.45, 2.75) is 39.0 Å². The van der Waals surface area contributed by atoms with Crippen molar-refractivity contribution in [1.29, 1.82) is 0 Å². The maximum Gasteiger partial charge on any atom is 0.574 e. The minimum atomic E-state index is -4.84. The number of carboxylic acids is 1. The van der Waals surface area contributed by atoms with Crippen molar-refractivity contribution >= 4 is 5.97 Å². The summed E-state index contributed by atoms with van der Waals surface area (Å²) >= 11 is 0. The first-order chi connectivity index (χ1) is 12.8. The van der Waals surface area contributed by atoms with Gasteiger partial charge in [0, 0.05) is 23.4 Å². The highest BCUT2D eigenvalue weighted by Crippen LogP contribution is 2.30. The number of carbonyl (C=O) groups is 1. The Labute approximate surface area is 154 Å². The van der Waals surface area contributed by atoms with Gasteiger partial charge < -0.3 is 14.6 Å². The largest absolute Gasteiger partial charge is 0.574 e. The van der Waals surface area contributed by atoms with Gasteiger partial charge in [-0.2, -0.15) is 0 Å². The van der Waals surface area contributed by atoms with Gasteiger partial charge in [0.25, 0.3) is 0 Å². The summed E-state index contributed by atoms with van der Waals surface area (Å²) in [4.78, 5) is 15.0. The molecule has 2 aromatic rings. The number of nitrogens with zero attached hydrogens (tertiary/aromatic N) is 1. The highest BCUT2D eigenvalue weighted by molar-refractivity contribution is 5.96. The summed E-state index contributed by atoms with van der Waals surface area (Å²) in [6, 6.07) is 6.86. The summed E-state index contributed by atoms with van der Waals surface area (Å²) in [6.45, 7) is 2.61. The summed E-state index contributed by atoms with van der Waals surface area (Å²) in [5.74, 6) is -1.29. The molecule has 0 aliphatic carbocycles. The van der Waals surface area contributed by atoms with Gasteiger partial charge in [0.2, 0.25) is 5.88 Å². The van der Waals surface area contributed by atoms with Crippen LogP contribution in [0.1, 0.15) is 43.0 Å². The number of halogens is 3. The number of aromatic carboxylic acids is 1. The number of ether oxygens (including phenoxy) is 2. The van der Waals surface area contributed by atoms with Crippen LogP contribution in [0.2, 0.25) is 0 Å². The average Bonchev–Trinajstić information content (AvgIpc) is 2.60. The molecule has 5 nitrogen and oxygen atoms in total. The Hall–Kier alpha value is -2.77. The average molecular weight is 383 g/mol. The maximum atomic E-state index is 12.2. The van der Waals surface area contributed by atoms with Crippen LogP contribution in [0, 0.1) is 0 Å². The SMILES string of the molecule is CCCCCCOc1ccc(C(=O)O)c(-c2ccc(OC(F)(F)F)nc2)c1. The third kappa shape index (κ3) is 6.47. The van der Waals surface area contributed by atoms with E-state index < -0.39 is 18.2 Å². The highest BCUT2D eigenvalue weighted by Gasteiger charge is 2.31. The van der Waals surface area contributed by atoms with E-state index in [1.54, 1.807) is 12.1 Å². The molecule has 0 fully saturated rings. The summed E-state index contributed by atoms with van der Waals surface area (Å²) in [5, 5.41) is 9.36. The molecule has 0 aliphatic rings. The van der Waals surface area contributed by atoms with Crippen LogP contribution in [0.5, 0.6) is 11.6 Å². The van der Waals surface area contributed by atoms with E-state index in [1.807, 2.05) is 0 Å². The molecule has 0 spiro atoms. The number of pyridine rings is 1. The molecule has 0 saturated heterocycles. The molecule has 27 heavy (non-hydrogen) atoms. The Morgan fingerprint density at radius 3 is 2.52 bits per heavy atom. The molecule has 0 saturated carbocycles. The van der Waals surface area contributed by atoms with E-state index in [4.69, 9.17) is 4.74 Å². The van der Waals surface area contributed by atoms with Gasteiger partial charge >= 0.3 is 12.3 Å². The van der Waals surface area contributed by atoms with Crippen LogP contribution in [0.15, 0.2) is 36.5 Å². The van der Waals surface area contributed by atoms with E-state index in [9.17, 15) is 23.1 Å². The van der Waals surface area contributed by atoms with Crippen molar-refractivity contribution in [2.75, 3.05) is 6.61 Å². The van der Waals surface area contributed by atoms with Gasteiger partial charge in [-0.15, -0.1) is 13.2 Å². The van der Waals surface area contributed by atoms with Crippen molar-refractivity contribution in [2.24, 2.45) is 0 Å². The first-order valence-corrected chi connectivity index (χ1v) is 8.52. The fourth-order valence-corrected chi connectivity index (χ4v) is 2.48. The van der Waals surface area contributed by atoms with Gasteiger partial charge in [0.15, 0.2) is 0 Å². The van der Waals surface area contributed by atoms with Crippen molar-refractivity contribution in [3.63, 3.8) is 0 Å². The molecule has 1 N–H and O–H groups in total. The standard InChI is InChI=1S/C19H20F3NO4/c1-2-3-4-5-10-26-14-7-8-15(18(24)25)16(11-14)13-6-9-17(23-12-13)27-19(20,21)22/h6-9,11-12H,2-5,10H2,1H3,(H,24,25). The monoisotopic (exact) mass is 383 g/mol. The molecule has 8 heteroatoms. The van der Waals surface area contributed by atoms with Crippen LogP contribution in [0.3, 0.4) is 0 Å². The number of hydrogen-bond acceptors (Lipinski definition) is 4. The Morgan fingerprint density at radius 2 is 1.93 bits per heavy atom. The van der Waals surface area contributed by atoms with Crippen molar-refractivity contribution in [3.05, 3.63) is 42.1 Å². The molecule has 146 valence electrons. The molecular formula is C19H20F3NO4. The number of benzene rings is 1. The number of unbranched alkanes of at least 4 members (excludes halogenated alkanes) is 3. The van der Waals surface area contributed by atoms with Gasteiger partial charge in [-0.1, -0.05) is 26.2 Å². The lowest BCUT2D eigenvalue weighted by molar-refractivity contribution is -0.276. The maximum absolute atomic E-state index is 12.2. The topological polar surface area (TPSA) is 68.7 Å². The zero-order chi connectivity index (χ0) is 19.9. The molecule has 0 unspecified atom stereocenters. The first-order valence-electron chi connectivity index (χ1n) is 8.52. The Bertz CT molecular complexity index is 761. The van der Waals surface area contributed by atoms with Crippen LogP contribution in [0.25, 0.3) is 11.1 Å². The minimum absolute atomic E-state index is 0.000349. The van der Waals surface area contributed by atoms with Crippen molar-refractivity contribution in [3.8, 4) is 22.8 Å². The molecule has 0 atom stereocenters. The smallest absolute Gasteiger partial charge is 0.494 e. The van der Waals surface area contributed by atoms with E-state index in [0.717, 1.165) is 37.9 Å². The number of aromatic nitrogens is 1. The normalized spacial score (nSPS) is 11.3. The zero-order valence-electron chi connectivity index (χ0n) is 14.8. The molecule has 0 radical (unpaired) electrons. The van der Waals surface area contributed by atoms with E-state index >= 15 is 0 Å². The Morgan fingerprint density at radius 1 is 1.15 bits per heavy atom. The lowest BCUT2D eigenvalue weighted by Crippen LogP contribution is -2.17. The second-order valence-electron chi connectivity index (χ2n) is 5.85. The number of carboxylic acid groups (broad SMARTS) is 1. The predicted molar refractivity (Wildman–Crippen MR) is 93.0 cm³/mol. The Balaban J connectivity index is 2.20. The van der Waals surface area contributed by atoms with Crippen molar-refractivity contribution < 1.29 is 32.5 Å². The molecular weight excluding hydrogens is 363 g/mol.